The van der Waals surface area contributed by atoms with E-state index in [-0.39, 0.29) is 12.8 Å². The maximum absolute atomic E-state index is 9.99. The van der Waals surface area contributed by atoms with Crippen LogP contribution in [0.2, 0.25) is 0 Å². The molecule has 0 bridgehead atoms. The minimum absolute atomic E-state index is 0.0231. The highest BCUT2D eigenvalue weighted by Gasteiger charge is 2.12. The van der Waals surface area contributed by atoms with E-state index < -0.39 is 18.0 Å². The summed E-state index contributed by atoms with van der Waals surface area (Å²) < 4.78 is 0. The topological polar surface area (TPSA) is 165 Å². The van der Waals surface area contributed by atoms with Gasteiger partial charge in [0.05, 0.1) is 0 Å². The van der Waals surface area contributed by atoms with Crippen LogP contribution in [0.3, 0.4) is 0 Å². The lowest BCUT2D eigenvalue weighted by molar-refractivity contribution is -0.139. The summed E-state index contributed by atoms with van der Waals surface area (Å²) in [5.74, 6) is -2.20. The van der Waals surface area contributed by atoms with E-state index in [1.165, 1.54) is 0 Å². The van der Waals surface area contributed by atoms with Crippen molar-refractivity contribution in [3.8, 4) is 0 Å². The maximum Gasteiger partial charge on any atom is 0.320 e. The van der Waals surface area contributed by atoms with Gasteiger partial charge in [-0.15, -0.1) is 0 Å². The van der Waals surface area contributed by atoms with Gasteiger partial charge in [0.1, 0.15) is 6.04 Å². The molecule has 0 spiro atoms. The molecule has 0 saturated carbocycles. The van der Waals surface area contributed by atoms with Gasteiger partial charge < -0.3 is 32.7 Å². The Balaban J connectivity index is 0. The molecule has 8 nitrogen and oxygen atoms in total. The third kappa shape index (κ3) is 17.4. The number of nitrogens with two attached hydrogens (primary N) is 3. The van der Waals surface area contributed by atoms with Crippen LogP contribution in [-0.4, -0.2) is 54.4 Å². The smallest absolute Gasteiger partial charge is 0.320 e. The van der Waals surface area contributed by atoms with Crippen molar-refractivity contribution >= 4 is 11.9 Å². The molecule has 0 amide bonds. The van der Waals surface area contributed by atoms with Crippen LogP contribution in [0.4, 0.5) is 0 Å². The van der Waals surface area contributed by atoms with Crippen LogP contribution in [-0.2, 0) is 9.59 Å². The molecular weight excluding hydrogens is 228 g/mol. The van der Waals surface area contributed by atoms with Crippen molar-refractivity contribution in [3.63, 3.8) is 0 Å². The minimum atomic E-state index is -1.17. The Labute approximate surface area is 100 Å². The Bertz CT molecular complexity index is 209. The molecule has 0 fully saturated rings. The van der Waals surface area contributed by atoms with Gasteiger partial charge in [0.25, 0.3) is 0 Å². The monoisotopic (exact) mass is 250 g/mol. The Morgan fingerprint density at radius 1 is 1.12 bits per heavy atom. The van der Waals surface area contributed by atoms with Gasteiger partial charge in [0.2, 0.25) is 0 Å². The second-order valence-corrected chi connectivity index (χ2v) is 3.20. The van der Waals surface area contributed by atoms with Crippen LogP contribution in [0.25, 0.3) is 0 Å². The zero-order valence-electron chi connectivity index (χ0n) is 9.76. The fraction of sp³-hybridized carbons (Fsp3) is 0.778. The summed E-state index contributed by atoms with van der Waals surface area (Å²) in [7, 11) is 0. The summed E-state index contributed by atoms with van der Waals surface area (Å²) in [5, 5.41) is 19.3. The van der Waals surface area contributed by atoms with Gasteiger partial charge in [0, 0.05) is 32.6 Å². The molecule has 102 valence electrons. The van der Waals surface area contributed by atoms with E-state index in [1.807, 2.05) is 0 Å². The quantitative estimate of drug-likeness (QED) is 0.263. The third-order valence-corrected chi connectivity index (χ3v) is 1.63. The van der Waals surface area contributed by atoms with Crippen LogP contribution >= 0.6 is 0 Å². The highest BCUT2D eigenvalue weighted by Crippen LogP contribution is 1.93. The van der Waals surface area contributed by atoms with E-state index in [0.717, 1.165) is 13.1 Å². The summed E-state index contributed by atoms with van der Waals surface area (Å²) in [6.45, 7) is 3.13. The van der Waals surface area contributed by atoms with E-state index in [4.69, 9.17) is 27.4 Å². The first-order chi connectivity index (χ1) is 7.95. The molecule has 0 rings (SSSR count). The molecule has 0 heterocycles. The van der Waals surface area contributed by atoms with Crippen LogP contribution < -0.4 is 22.5 Å². The first-order valence-electron chi connectivity index (χ1n) is 5.26. The SMILES string of the molecule is NCCNCCN.N[C@@H](CCC(=O)O)C(=O)O. The Morgan fingerprint density at radius 2 is 1.59 bits per heavy atom. The predicted molar refractivity (Wildman–Crippen MR) is 63.5 cm³/mol. The molecular formula is C9H22N4O4. The Kier molecular flexibility index (Phi) is 13.7. The molecule has 0 aromatic rings. The lowest BCUT2D eigenvalue weighted by Crippen LogP contribution is -2.30. The van der Waals surface area contributed by atoms with Crippen molar-refractivity contribution in [2.75, 3.05) is 26.2 Å². The van der Waals surface area contributed by atoms with E-state index >= 15 is 0 Å². The van der Waals surface area contributed by atoms with E-state index in [0.29, 0.717) is 13.1 Å². The van der Waals surface area contributed by atoms with E-state index in [9.17, 15) is 9.59 Å². The maximum atomic E-state index is 9.99. The van der Waals surface area contributed by atoms with Crippen molar-refractivity contribution in [3.05, 3.63) is 0 Å². The second-order valence-electron chi connectivity index (χ2n) is 3.20. The number of aliphatic carboxylic acids is 2. The summed E-state index contributed by atoms with van der Waals surface area (Å²) in [6.07, 6.45) is -0.224. The van der Waals surface area contributed by atoms with Crippen LogP contribution in [0.15, 0.2) is 0 Å². The number of nitrogens with one attached hydrogen (secondary N) is 1. The number of carboxylic acid groups (broad SMARTS) is 2. The molecule has 0 aromatic carbocycles. The first kappa shape index (κ1) is 18.2. The molecule has 8 heteroatoms. The second kappa shape index (κ2) is 12.8. The molecule has 0 saturated heterocycles. The van der Waals surface area contributed by atoms with Crippen molar-refractivity contribution in [1.82, 2.24) is 5.32 Å². The van der Waals surface area contributed by atoms with Crippen LogP contribution in [0.1, 0.15) is 12.8 Å². The van der Waals surface area contributed by atoms with Gasteiger partial charge >= 0.3 is 11.9 Å². The molecule has 1 atom stereocenters. The predicted octanol–water partition coefficient (Wildman–Crippen LogP) is -2.24. The lowest BCUT2D eigenvalue weighted by atomic mass is 10.2. The summed E-state index contributed by atoms with van der Waals surface area (Å²) in [6, 6.07) is -1.06. The average Bonchev–Trinajstić information content (AvgIpc) is 2.27. The van der Waals surface area contributed by atoms with E-state index in [1.54, 1.807) is 0 Å². The molecule has 0 aliphatic heterocycles. The largest absolute Gasteiger partial charge is 0.481 e. The van der Waals surface area contributed by atoms with E-state index in [2.05, 4.69) is 5.32 Å². The minimum Gasteiger partial charge on any atom is -0.481 e. The fourth-order valence-corrected chi connectivity index (χ4v) is 0.732. The molecule has 0 radical (unpaired) electrons. The van der Waals surface area contributed by atoms with Gasteiger partial charge in [-0.25, -0.2) is 0 Å². The summed E-state index contributed by atoms with van der Waals surface area (Å²) >= 11 is 0. The van der Waals surface area contributed by atoms with Gasteiger partial charge in [-0.05, 0) is 6.42 Å². The van der Waals surface area contributed by atoms with Crippen molar-refractivity contribution in [1.29, 1.82) is 0 Å². The van der Waals surface area contributed by atoms with Crippen molar-refractivity contribution in [2.24, 2.45) is 17.2 Å². The van der Waals surface area contributed by atoms with Gasteiger partial charge in [-0.1, -0.05) is 0 Å². The Morgan fingerprint density at radius 3 is 1.88 bits per heavy atom. The zero-order chi connectivity index (χ0) is 13.7. The molecule has 0 aliphatic rings. The fourth-order valence-electron chi connectivity index (χ4n) is 0.732. The van der Waals surface area contributed by atoms with Gasteiger partial charge in [0.15, 0.2) is 0 Å². The normalized spacial score (nSPS) is 11.2. The third-order valence-electron chi connectivity index (χ3n) is 1.63. The van der Waals surface area contributed by atoms with Gasteiger partial charge in [-0.2, -0.15) is 0 Å². The average molecular weight is 250 g/mol. The van der Waals surface area contributed by atoms with Gasteiger partial charge in [-0.3, -0.25) is 9.59 Å². The molecule has 17 heavy (non-hydrogen) atoms. The highest BCUT2D eigenvalue weighted by atomic mass is 16.4. The first-order valence-corrected chi connectivity index (χ1v) is 5.26. The van der Waals surface area contributed by atoms with Crippen LogP contribution in [0, 0.1) is 0 Å². The summed E-state index contributed by atoms with van der Waals surface area (Å²) in [4.78, 5) is 19.9. The molecule has 9 N–H and O–H groups in total. The van der Waals surface area contributed by atoms with Crippen molar-refractivity contribution < 1.29 is 19.8 Å². The number of rotatable bonds is 8. The van der Waals surface area contributed by atoms with Crippen LogP contribution in [0.5, 0.6) is 0 Å². The number of carboxylic acids is 2. The zero-order valence-corrected chi connectivity index (χ0v) is 9.76. The lowest BCUT2D eigenvalue weighted by Gasteiger charge is -2.01. The molecule has 0 unspecified atom stereocenters. The van der Waals surface area contributed by atoms with Crippen molar-refractivity contribution in [2.45, 2.75) is 18.9 Å². The number of carbonyl (C=O) groups is 2. The number of hydrogen-bond donors (Lipinski definition) is 6. The highest BCUT2D eigenvalue weighted by molar-refractivity contribution is 5.74. The molecule has 0 aliphatic carbocycles. The number of hydrogen-bond acceptors (Lipinski definition) is 6. The summed E-state index contributed by atoms with van der Waals surface area (Å²) in [5.41, 5.74) is 15.3. The Hall–Kier alpha value is -1.22. The standard InChI is InChI=1S/C5H9NO4.C4H13N3/c6-3(5(9)10)1-2-4(7)8;5-1-3-7-4-2-6/h3H,1-2,6H2,(H,7,8)(H,9,10);7H,1-6H2/t3-;/m0./s1. The molecule has 0 aromatic heterocycles.